The third-order valence-electron chi connectivity index (χ3n) is 6.85. The highest BCUT2D eigenvalue weighted by molar-refractivity contribution is 7.90. The molecule has 11 heteroatoms. The average molecular weight is 612 g/mol. The highest BCUT2D eigenvalue weighted by atomic mass is 35.5. The van der Waals surface area contributed by atoms with E-state index in [1.54, 1.807) is 36.8 Å². The monoisotopic (exact) mass is 611 g/mol. The number of benzene rings is 1. The first-order chi connectivity index (χ1) is 19.9. The van der Waals surface area contributed by atoms with Gasteiger partial charge < -0.3 is 15.4 Å². The van der Waals surface area contributed by atoms with E-state index in [0.29, 0.717) is 17.9 Å². The standard InChI is InChI=1S/C31H38ClN5O4S/c1-5-23-16-22(20-42(39,40)28-9-7-6-8-26(28)32)19-33-27(23)15-10-21-17-34-29(35-18-21)36-24-11-13-25(14-12-24)37-30(38)41-31(2,3)4/h6-10,15-19,24-25H,5,11-14,20H2,1-4H3,(H,37,38)(H,34,35,36)/b15-10+. The predicted molar refractivity (Wildman–Crippen MR) is 166 cm³/mol. The van der Waals surface area contributed by atoms with E-state index in [1.165, 1.54) is 6.07 Å². The van der Waals surface area contributed by atoms with Crippen LogP contribution in [0.25, 0.3) is 12.2 Å². The van der Waals surface area contributed by atoms with Crippen LogP contribution in [0.1, 0.15) is 75.8 Å². The van der Waals surface area contributed by atoms with E-state index in [1.807, 2.05) is 45.9 Å². The summed E-state index contributed by atoms with van der Waals surface area (Å²) in [5.74, 6) is 0.387. The molecule has 2 aromatic heterocycles. The summed E-state index contributed by atoms with van der Waals surface area (Å²) in [6.45, 7) is 7.57. The smallest absolute Gasteiger partial charge is 0.407 e. The number of aryl methyl sites for hydroxylation is 1. The molecule has 1 aliphatic rings. The van der Waals surface area contributed by atoms with Crippen LogP contribution in [0.5, 0.6) is 0 Å². The summed E-state index contributed by atoms with van der Waals surface area (Å²) < 4.78 is 31.2. The molecule has 42 heavy (non-hydrogen) atoms. The summed E-state index contributed by atoms with van der Waals surface area (Å²) in [6, 6.07) is 8.67. The predicted octanol–water partition coefficient (Wildman–Crippen LogP) is 6.48. The normalized spacial score (nSPS) is 17.6. The van der Waals surface area contributed by atoms with Gasteiger partial charge in [0, 0.05) is 36.2 Å². The number of carbonyl (C=O) groups is 1. The summed E-state index contributed by atoms with van der Waals surface area (Å²) in [6.07, 6.45) is 12.7. The molecule has 0 aliphatic heterocycles. The maximum absolute atomic E-state index is 12.9. The number of ether oxygens (including phenoxy) is 1. The lowest BCUT2D eigenvalue weighted by Gasteiger charge is -2.30. The van der Waals surface area contributed by atoms with Crippen molar-refractivity contribution in [3.05, 3.63) is 76.3 Å². The first-order valence-corrected chi connectivity index (χ1v) is 16.2. The van der Waals surface area contributed by atoms with Crippen molar-refractivity contribution in [2.75, 3.05) is 5.32 Å². The molecule has 1 aromatic carbocycles. The number of hydrogen-bond donors (Lipinski definition) is 2. The van der Waals surface area contributed by atoms with Gasteiger partial charge in [-0.05, 0) is 88.3 Å². The molecule has 2 N–H and O–H groups in total. The molecule has 0 spiro atoms. The number of sulfone groups is 1. The van der Waals surface area contributed by atoms with Gasteiger partial charge in [-0.3, -0.25) is 4.98 Å². The van der Waals surface area contributed by atoms with E-state index >= 15 is 0 Å². The maximum atomic E-state index is 12.9. The maximum Gasteiger partial charge on any atom is 0.407 e. The second-order valence-electron chi connectivity index (χ2n) is 11.4. The van der Waals surface area contributed by atoms with E-state index in [9.17, 15) is 13.2 Å². The minimum absolute atomic E-state index is 0.105. The molecule has 0 unspecified atom stereocenters. The van der Waals surface area contributed by atoms with Crippen LogP contribution in [0, 0.1) is 0 Å². The van der Waals surface area contributed by atoms with Crippen molar-refractivity contribution in [3.63, 3.8) is 0 Å². The van der Waals surface area contributed by atoms with Gasteiger partial charge in [0.15, 0.2) is 9.84 Å². The first kappa shape index (κ1) is 31.4. The number of anilines is 1. The fourth-order valence-corrected chi connectivity index (χ4v) is 6.68. The zero-order valence-corrected chi connectivity index (χ0v) is 26.0. The Morgan fingerprint density at radius 3 is 2.33 bits per heavy atom. The van der Waals surface area contributed by atoms with Gasteiger partial charge in [-0.1, -0.05) is 36.7 Å². The van der Waals surface area contributed by atoms with Gasteiger partial charge in [0.1, 0.15) is 5.60 Å². The van der Waals surface area contributed by atoms with Crippen molar-refractivity contribution in [1.29, 1.82) is 0 Å². The van der Waals surface area contributed by atoms with E-state index in [-0.39, 0.29) is 33.8 Å². The molecule has 0 radical (unpaired) electrons. The number of nitrogens with one attached hydrogen (secondary N) is 2. The summed E-state index contributed by atoms with van der Waals surface area (Å²) in [7, 11) is -3.60. The molecule has 0 saturated heterocycles. The van der Waals surface area contributed by atoms with Crippen molar-refractivity contribution in [3.8, 4) is 0 Å². The Kier molecular flexibility index (Phi) is 10.2. The Bertz CT molecular complexity index is 1510. The van der Waals surface area contributed by atoms with Gasteiger partial charge in [-0.15, -0.1) is 0 Å². The second-order valence-corrected chi connectivity index (χ2v) is 13.8. The lowest BCUT2D eigenvalue weighted by atomic mass is 9.91. The fraction of sp³-hybridized carbons (Fsp3) is 0.419. The molecular weight excluding hydrogens is 574 g/mol. The molecule has 1 amide bonds. The van der Waals surface area contributed by atoms with Gasteiger partial charge in [-0.2, -0.15) is 0 Å². The number of amides is 1. The molecule has 1 saturated carbocycles. The number of carbonyl (C=O) groups excluding carboxylic acids is 1. The van der Waals surface area contributed by atoms with Crippen LogP contribution >= 0.6 is 11.6 Å². The molecule has 0 atom stereocenters. The van der Waals surface area contributed by atoms with Crippen molar-refractivity contribution >= 4 is 45.6 Å². The number of rotatable bonds is 9. The zero-order chi connectivity index (χ0) is 30.3. The molecule has 9 nitrogen and oxygen atoms in total. The molecule has 1 aliphatic carbocycles. The zero-order valence-electron chi connectivity index (χ0n) is 24.4. The van der Waals surface area contributed by atoms with E-state index < -0.39 is 15.4 Å². The molecule has 0 bridgehead atoms. The van der Waals surface area contributed by atoms with Crippen molar-refractivity contribution < 1.29 is 17.9 Å². The number of alkyl carbamates (subject to hydrolysis) is 1. The Morgan fingerprint density at radius 1 is 1.02 bits per heavy atom. The van der Waals surface area contributed by atoms with Crippen LogP contribution in [0.15, 0.2) is 53.8 Å². The quantitative estimate of drug-likeness (QED) is 0.282. The average Bonchev–Trinajstić information content (AvgIpc) is 2.93. The minimum atomic E-state index is -3.60. The third-order valence-corrected chi connectivity index (χ3v) is 9.04. The number of pyridine rings is 1. The molecule has 2 heterocycles. The number of hydrogen-bond acceptors (Lipinski definition) is 8. The van der Waals surface area contributed by atoms with Crippen LogP contribution in [-0.4, -0.2) is 47.1 Å². The summed E-state index contributed by atoms with van der Waals surface area (Å²) >= 11 is 6.12. The van der Waals surface area contributed by atoms with Crippen LogP contribution in [0.2, 0.25) is 5.02 Å². The number of aromatic nitrogens is 3. The highest BCUT2D eigenvalue weighted by Crippen LogP contribution is 2.25. The van der Waals surface area contributed by atoms with Crippen molar-refractivity contribution in [2.24, 2.45) is 0 Å². The summed E-state index contributed by atoms with van der Waals surface area (Å²) in [5, 5.41) is 6.56. The topological polar surface area (TPSA) is 123 Å². The van der Waals surface area contributed by atoms with Gasteiger partial charge in [0.05, 0.1) is 21.4 Å². The van der Waals surface area contributed by atoms with Gasteiger partial charge in [-0.25, -0.2) is 23.2 Å². The SMILES string of the molecule is CCc1cc(CS(=O)(=O)c2ccccc2Cl)cnc1/C=C/c1cnc(NC2CCC(NC(=O)OC(C)(C)C)CC2)nc1. The Hall–Kier alpha value is -3.50. The highest BCUT2D eigenvalue weighted by Gasteiger charge is 2.25. The lowest BCUT2D eigenvalue weighted by molar-refractivity contribution is 0.0492. The van der Waals surface area contributed by atoms with E-state index in [0.717, 1.165) is 42.5 Å². The molecule has 224 valence electrons. The molecular formula is C31H38ClN5O4S. The van der Waals surface area contributed by atoms with Gasteiger partial charge >= 0.3 is 6.09 Å². The van der Waals surface area contributed by atoms with Crippen LogP contribution in [0.3, 0.4) is 0 Å². The van der Waals surface area contributed by atoms with Crippen molar-refractivity contribution in [1.82, 2.24) is 20.3 Å². The van der Waals surface area contributed by atoms with Gasteiger partial charge in [0.25, 0.3) is 0 Å². The molecule has 1 fully saturated rings. The van der Waals surface area contributed by atoms with E-state index in [2.05, 4.69) is 25.6 Å². The fourth-order valence-electron chi connectivity index (χ4n) is 4.79. The Labute approximate surface area is 253 Å². The number of nitrogens with zero attached hydrogens (tertiary/aromatic N) is 3. The van der Waals surface area contributed by atoms with Crippen molar-refractivity contribution in [2.45, 2.75) is 88.1 Å². The summed E-state index contributed by atoms with van der Waals surface area (Å²) in [4.78, 5) is 25.6. The van der Waals surface area contributed by atoms with Crippen LogP contribution < -0.4 is 10.6 Å². The first-order valence-electron chi connectivity index (χ1n) is 14.1. The van der Waals surface area contributed by atoms with E-state index in [4.69, 9.17) is 16.3 Å². The minimum Gasteiger partial charge on any atom is -0.444 e. The Balaban J connectivity index is 1.31. The number of halogens is 1. The largest absolute Gasteiger partial charge is 0.444 e. The third kappa shape index (κ3) is 9.00. The Morgan fingerprint density at radius 2 is 1.69 bits per heavy atom. The van der Waals surface area contributed by atoms with Gasteiger partial charge in [0.2, 0.25) is 5.95 Å². The summed E-state index contributed by atoms with van der Waals surface area (Å²) in [5.41, 5.74) is 2.62. The van der Waals surface area contributed by atoms with Crippen LogP contribution in [-0.2, 0) is 26.7 Å². The van der Waals surface area contributed by atoms with Crippen LogP contribution in [0.4, 0.5) is 10.7 Å². The second kappa shape index (κ2) is 13.6. The lowest BCUT2D eigenvalue weighted by Crippen LogP contribution is -2.42. The molecule has 3 aromatic rings. The molecule has 4 rings (SSSR count).